The third-order valence-corrected chi connectivity index (χ3v) is 4.96. The fraction of sp³-hybridized carbons (Fsp3) is 0.611. The lowest BCUT2D eigenvalue weighted by Crippen LogP contribution is -2.50. The molecule has 3 atom stereocenters. The van der Waals surface area contributed by atoms with Crippen LogP contribution in [0, 0.1) is 0 Å². The van der Waals surface area contributed by atoms with Crippen molar-refractivity contribution < 1.29 is 4.79 Å². The van der Waals surface area contributed by atoms with Gasteiger partial charge in [-0.25, -0.2) is 0 Å². The molecule has 3 unspecified atom stereocenters. The summed E-state index contributed by atoms with van der Waals surface area (Å²) in [5.74, 6) is 0.107. The minimum absolute atomic E-state index is 0. The van der Waals surface area contributed by atoms with Crippen molar-refractivity contribution in [2.24, 2.45) is 5.73 Å². The van der Waals surface area contributed by atoms with Gasteiger partial charge in [0.2, 0.25) is 5.91 Å². The highest BCUT2D eigenvalue weighted by Gasteiger charge is 2.40. The van der Waals surface area contributed by atoms with Crippen molar-refractivity contribution in [3.8, 4) is 0 Å². The zero-order valence-electron chi connectivity index (χ0n) is 14.2. The second-order valence-corrected chi connectivity index (χ2v) is 6.96. The van der Waals surface area contributed by atoms with Crippen molar-refractivity contribution >= 4 is 30.7 Å². The van der Waals surface area contributed by atoms with E-state index in [1.807, 2.05) is 6.92 Å². The molecular weight excluding hydrogens is 345 g/mol. The van der Waals surface area contributed by atoms with E-state index in [0.29, 0.717) is 24.5 Å². The van der Waals surface area contributed by atoms with Crippen LogP contribution in [0.3, 0.4) is 0 Å². The van der Waals surface area contributed by atoms with Crippen LogP contribution in [0.2, 0.25) is 0 Å². The second-order valence-electron chi connectivity index (χ2n) is 6.96. The molecular formula is C18H29Cl2N3O. The van der Waals surface area contributed by atoms with Gasteiger partial charge < -0.3 is 11.1 Å². The number of nitrogens with one attached hydrogen (secondary N) is 1. The zero-order chi connectivity index (χ0) is 15.5. The molecule has 1 aromatic carbocycles. The van der Waals surface area contributed by atoms with Gasteiger partial charge in [0, 0.05) is 37.1 Å². The molecule has 2 saturated heterocycles. The highest BCUT2D eigenvalue weighted by molar-refractivity contribution is 5.85. The average molecular weight is 374 g/mol. The van der Waals surface area contributed by atoms with Gasteiger partial charge in [0.25, 0.3) is 0 Å². The number of nitrogens with zero attached hydrogens (tertiary/aromatic N) is 1. The number of nitrogens with two attached hydrogens (primary N) is 1. The fourth-order valence-corrected chi connectivity index (χ4v) is 4.02. The van der Waals surface area contributed by atoms with Crippen molar-refractivity contribution in [1.29, 1.82) is 0 Å². The molecule has 3 rings (SSSR count). The molecule has 2 aliphatic rings. The number of hydrogen-bond acceptors (Lipinski definition) is 3. The molecule has 0 saturated carbocycles. The van der Waals surface area contributed by atoms with Crippen molar-refractivity contribution in [2.75, 3.05) is 0 Å². The summed E-state index contributed by atoms with van der Waals surface area (Å²) in [5.41, 5.74) is 7.09. The van der Waals surface area contributed by atoms with Crippen LogP contribution in [0.4, 0.5) is 0 Å². The Morgan fingerprint density at radius 2 is 1.79 bits per heavy atom. The number of fused-ring (bicyclic) bond motifs is 2. The molecule has 4 nitrogen and oxygen atoms in total. The van der Waals surface area contributed by atoms with Crippen molar-refractivity contribution in [2.45, 2.75) is 69.7 Å². The molecule has 136 valence electrons. The Labute approximate surface area is 157 Å². The van der Waals surface area contributed by atoms with Crippen LogP contribution in [-0.2, 0) is 11.3 Å². The summed E-state index contributed by atoms with van der Waals surface area (Å²) in [5, 5.41) is 3.19. The van der Waals surface area contributed by atoms with Crippen LogP contribution in [0.1, 0.15) is 44.6 Å². The van der Waals surface area contributed by atoms with Crippen LogP contribution >= 0.6 is 24.8 Å². The number of carbonyl (C=O) groups excluding carboxylic acids is 1. The molecule has 2 heterocycles. The van der Waals surface area contributed by atoms with E-state index in [2.05, 4.69) is 40.5 Å². The lowest BCUT2D eigenvalue weighted by Gasteiger charge is -2.39. The summed E-state index contributed by atoms with van der Waals surface area (Å²) in [4.78, 5) is 14.6. The number of hydrogen-bond donors (Lipinski definition) is 2. The summed E-state index contributed by atoms with van der Waals surface area (Å²) >= 11 is 0. The quantitative estimate of drug-likeness (QED) is 0.833. The topological polar surface area (TPSA) is 58.4 Å². The van der Waals surface area contributed by atoms with E-state index < -0.39 is 0 Å². The largest absolute Gasteiger partial charge is 0.353 e. The van der Waals surface area contributed by atoms with Crippen molar-refractivity contribution in [3.63, 3.8) is 0 Å². The molecule has 2 bridgehead atoms. The third-order valence-electron chi connectivity index (χ3n) is 4.96. The number of amides is 1. The predicted molar refractivity (Wildman–Crippen MR) is 103 cm³/mol. The molecule has 2 aliphatic heterocycles. The van der Waals surface area contributed by atoms with E-state index in [9.17, 15) is 4.79 Å². The van der Waals surface area contributed by atoms with Crippen molar-refractivity contribution in [3.05, 3.63) is 35.9 Å². The highest BCUT2D eigenvalue weighted by Crippen LogP contribution is 2.36. The van der Waals surface area contributed by atoms with E-state index in [1.54, 1.807) is 0 Å². The molecule has 3 N–H and O–H groups in total. The van der Waals surface area contributed by atoms with Crippen molar-refractivity contribution in [1.82, 2.24) is 10.2 Å². The molecule has 0 radical (unpaired) electrons. The van der Waals surface area contributed by atoms with Crippen LogP contribution < -0.4 is 11.1 Å². The Hall–Kier alpha value is -0.810. The smallest absolute Gasteiger partial charge is 0.221 e. The Bertz CT molecular complexity index is 498. The Morgan fingerprint density at radius 1 is 1.21 bits per heavy atom. The first-order valence-electron chi connectivity index (χ1n) is 8.46. The maximum atomic E-state index is 11.9. The van der Waals surface area contributed by atoms with Gasteiger partial charge >= 0.3 is 0 Å². The lowest BCUT2D eigenvalue weighted by atomic mass is 9.96. The van der Waals surface area contributed by atoms with E-state index in [4.69, 9.17) is 5.73 Å². The van der Waals surface area contributed by atoms with E-state index in [-0.39, 0.29) is 36.8 Å². The summed E-state index contributed by atoms with van der Waals surface area (Å²) in [6.45, 7) is 2.92. The SMILES string of the molecule is CC(N)CC(=O)NC1CC2CCC(C1)N2Cc1ccccc1.Cl.Cl. The minimum atomic E-state index is -0.0603. The Kier molecular flexibility index (Phi) is 8.51. The van der Waals surface area contributed by atoms with Gasteiger partial charge in [0.05, 0.1) is 0 Å². The maximum Gasteiger partial charge on any atom is 0.221 e. The summed E-state index contributed by atoms with van der Waals surface area (Å²) in [6, 6.07) is 12.2. The molecule has 2 fully saturated rings. The van der Waals surface area contributed by atoms with Gasteiger partial charge in [-0.1, -0.05) is 30.3 Å². The molecule has 0 spiro atoms. The van der Waals surface area contributed by atoms with E-state index in [0.717, 1.165) is 19.4 Å². The van der Waals surface area contributed by atoms with Crippen LogP contribution in [0.5, 0.6) is 0 Å². The summed E-state index contributed by atoms with van der Waals surface area (Å²) in [7, 11) is 0. The molecule has 0 aromatic heterocycles. The van der Waals surface area contributed by atoms with E-state index in [1.165, 1.54) is 18.4 Å². The van der Waals surface area contributed by atoms with Gasteiger partial charge in [-0.3, -0.25) is 9.69 Å². The zero-order valence-corrected chi connectivity index (χ0v) is 15.8. The van der Waals surface area contributed by atoms with Gasteiger partial charge in [-0.15, -0.1) is 24.8 Å². The summed E-state index contributed by atoms with van der Waals surface area (Å²) < 4.78 is 0. The monoisotopic (exact) mass is 373 g/mol. The standard InChI is InChI=1S/C18H27N3O.2ClH/c1-13(19)9-18(22)20-15-10-16-7-8-17(11-15)21(16)12-14-5-3-2-4-6-14;;/h2-6,13,15-17H,7-12,19H2,1H3,(H,20,22);2*1H. The van der Waals surface area contributed by atoms with Gasteiger partial charge in [0.15, 0.2) is 0 Å². The Balaban J connectivity index is 0.00000144. The molecule has 6 heteroatoms. The van der Waals surface area contributed by atoms with Crippen LogP contribution in [-0.4, -0.2) is 35.0 Å². The highest BCUT2D eigenvalue weighted by atomic mass is 35.5. The molecule has 1 aromatic rings. The van der Waals surface area contributed by atoms with Gasteiger partial charge in [-0.05, 0) is 38.2 Å². The number of benzene rings is 1. The molecule has 0 aliphatic carbocycles. The normalized spacial score (nSPS) is 26.8. The van der Waals surface area contributed by atoms with Gasteiger partial charge in [0.1, 0.15) is 0 Å². The molecule has 1 amide bonds. The fourth-order valence-electron chi connectivity index (χ4n) is 4.02. The Morgan fingerprint density at radius 3 is 2.33 bits per heavy atom. The first-order valence-corrected chi connectivity index (χ1v) is 8.46. The maximum absolute atomic E-state index is 11.9. The first-order chi connectivity index (χ1) is 10.6. The second kappa shape index (κ2) is 9.62. The van der Waals surface area contributed by atoms with Crippen LogP contribution in [0.25, 0.3) is 0 Å². The minimum Gasteiger partial charge on any atom is -0.353 e. The third kappa shape index (κ3) is 5.35. The number of carbonyl (C=O) groups is 1. The van der Waals surface area contributed by atoms with Crippen LogP contribution in [0.15, 0.2) is 30.3 Å². The molecule has 24 heavy (non-hydrogen) atoms. The predicted octanol–water partition coefficient (Wildman–Crippen LogP) is 2.88. The number of halogens is 2. The number of piperidine rings is 1. The van der Waals surface area contributed by atoms with E-state index >= 15 is 0 Å². The van der Waals surface area contributed by atoms with Gasteiger partial charge in [-0.2, -0.15) is 0 Å². The average Bonchev–Trinajstić information content (AvgIpc) is 2.70. The number of rotatable bonds is 5. The lowest BCUT2D eigenvalue weighted by molar-refractivity contribution is -0.122. The first kappa shape index (κ1) is 21.2. The summed E-state index contributed by atoms with van der Waals surface area (Å²) in [6.07, 6.45) is 5.11.